The summed E-state index contributed by atoms with van der Waals surface area (Å²) in [5.74, 6) is -1.06. The Morgan fingerprint density at radius 2 is 0.844 bits per heavy atom. The largest absolute Gasteiger partial charge is 1.00 e. The molecular weight excluding hydrogens is 407 g/mol. The molecule has 1 atom stereocenters. The number of aliphatic hydroxyl groups excluding tert-OH is 1. The minimum atomic E-state index is -1.06. The number of aliphatic hydroxyl groups is 1. The molecule has 32 heavy (non-hydrogen) atoms. The maximum absolute atomic E-state index is 10.4. The quantitative estimate of drug-likeness (QED) is 0.147. The van der Waals surface area contributed by atoms with E-state index in [-0.39, 0.29) is 36.0 Å². The number of carboxylic acids is 1. The first-order valence-corrected chi connectivity index (χ1v) is 14.0. The maximum Gasteiger partial charge on any atom is 1.00 e. The molecule has 1 N–H and O–H groups in total. The van der Waals surface area contributed by atoms with Gasteiger partial charge in [0.2, 0.25) is 0 Å². The molecule has 0 bridgehead atoms. The fourth-order valence-corrected chi connectivity index (χ4v) is 4.42. The Morgan fingerprint density at radius 3 is 1.12 bits per heavy atom. The van der Waals surface area contributed by atoms with Crippen molar-refractivity contribution in [3.8, 4) is 0 Å². The first kappa shape index (κ1) is 34.6. The molecule has 0 aromatic carbocycles. The van der Waals surface area contributed by atoms with Gasteiger partial charge in [-0.2, -0.15) is 0 Å². The SMILES string of the molecule is CCCCCCCCCCCCCCCCCCCCCCCCC(O)CCC(=O)[O-].[Na+]. The summed E-state index contributed by atoms with van der Waals surface area (Å²) in [5, 5.41) is 20.0. The summed E-state index contributed by atoms with van der Waals surface area (Å²) in [7, 11) is 0. The molecule has 3 nitrogen and oxygen atoms in total. The minimum Gasteiger partial charge on any atom is -0.550 e. The van der Waals surface area contributed by atoms with Crippen molar-refractivity contribution in [3.63, 3.8) is 0 Å². The van der Waals surface area contributed by atoms with Gasteiger partial charge < -0.3 is 15.0 Å². The number of carbonyl (C=O) groups is 1. The summed E-state index contributed by atoms with van der Waals surface area (Å²) in [6, 6.07) is 0. The van der Waals surface area contributed by atoms with E-state index in [9.17, 15) is 15.0 Å². The Bertz CT molecular complexity index is 363. The van der Waals surface area contributed by atoms with E-state index in [0.717, 1.165) is 19.3 Å². The van der Waals surface area contributed by atoms with Crippen molar-refractivity contribution < 1.29 is 44.6 Å². The number of hydrogen-bond acceptors (Lipinski definition) is 3. The predicted molar refractivity (Wildman–Crippen MR) is 132 cm³/mol. The number of aliphatic carboxylic acids is 1. The van der Waals surface area contributed by atoms with Gasteiger partial charge in [0, 0.05) is 5.97 Å². The molecule has 0 aromatic rings. The van der Waals surface area contributed by atoms with Crippen molar-refractivity contribution in [3.05, 3.63) is 0 Å². The monoisotopic (exact) mass is 462 g/mol. The number of unbranched alkanes of at least 4 members (excludes halogenated alkanes) is 21. The normalized spacial score (nSPS) is 11.9. The van der Waals surface area contributed by atoms with E-state index >= 15 is 0 Å². The predicted octanol–water partition coefficient (Wildman–Crippen LogP) is 4.87. The van der Waals surface area contributed by atoms with Crippen molar-refractivity contribution in [2.45, 2.75) is 174 Å². The standard InChI is InChI=1S/C28H56O3.Na/c1-2-3-4-5-6-7-8-9-10-11-12-13-14-15-16-17-18-19-20-21-22-23-24-27(29)25-26-28(30)31;/h27,29H,2-26H2,1H3,(H,30,31);/q;+1/p-1. The topological polar surface area (TPSA) is 60.4 Å². The first-order valence-electron chi connectivity index (χ1n) is 14.0. The smallest absolute Gasteiger partial charge is 0.550 e. The van der Waals surface area contributed by atoms with Crippen molar-refractivity contribution in [2.75, 3.05) is 0 Å². The summed E-state index contributed by atoms with van der Waals surface area (Å²) < 4.78 is 0. The van der Waals surface area contributed by atoms with Gasteiger partial charge in [-0.05, 0) is 19.3 Å². The van der Waals surface area contributed by atoms with Crippen molar-refractivity contribution in [1.29, 1.82) is 0 Å². The zero-order valence-electron chi connectivity index (χ0n) is 22.0. The Kier molecular flexibility index (Phi) is 31.9. The molecule has 0 saturated heterocycles. The molecule has 0 spiro atoms. The van der Waals surface area contributed by atoms with E-state index in [1.807, 2.05) is 0 Å². The summed E-state index contributed by atoms with van der Waals surface area (Å²) in [4.78, 5) is 10.4. The second-order valence-electron chi connectivity index (χ2n) is 9.78. The van der Waals surface area contributed by atoms with Gasteiger partial charge in [0.15, 0.2) is 0 Å². The molecule has 0 aliphatic rings. The molecule has 0 fully saturated rings. The van der Waals surface area contributed by atoms with Crippen molar-refractivity contribution >= 4 is 5.97 Å². The Labute approximate surface area is 223 Å². The van der Waals surface area contributed by atoms with Crippen LogP contribution in [0.1, 0.15) is 167 Å². The zero-order valence-corrected chi connectivity index (χ0v) is 24.0. The van der Waals surface area contributed by atoms with E-state index in [1.54, 1.807) is 0 Å². The second kappa shape index (κ2) is 29.5. The van der Waals surface area contributed by atoms with Crippen LogP contribution in [-0.4, -0.2) is 17.2 Å². The van der Waals surface area contributed by atoms with E-state index in [2.05, 4.69) is 6.92 Å². The number of carbonyl (C=O) groups excluding carboxylic acids is 1. The van der Waals surface area contributed by atoms with Crippen LogP contribution in [-0.2, 0) is 4.79 Å². The zero-order chi connectivity index (χ0) is 22.8. The summed E-state index contributed by atoms with van der Waals surface area (Å²) >= 11 is 0. The van der Waals surface area contributed by atoms with Crippen molar-refractivity contribution in [2.24, 2.45) is 0 Å². The van der Waals surface area contributed by atoms with Gasteiger partial charge in [-0.15, -0.1) is 0 Å². The molecule has 186 valence electrons. The Balaban J connectivity index is 0. The molecule has 4 heteroatoms. The van der Waals surface area contributed by atoms with Gasteiger partial charge in [0.25, 0.3) is 0 Å². The summed E-state index contributed by atoms with van der Waals surface area (Å²) in [6.07, 6.45) is 30.9. The molecule has 0 aliphatic heterocycles. The van der Waals surface area contributed by atoms with Crippen LogP contribution in [0.4, 0.5) is 0 Å². The third-order valence-electron chi connectivity index (χ3n) is 6.57. The van der Waals surface area contributed by atoms with E-state index in [0.29, 0.717) is 6.42 Å². The first-order chi connectivity index (χ1) is 15.2. The average Bonchev–Trinajstić information content (AvgIpc) is 2.75. The van der Waals surface area contributed by atoms with Crippen LogP contribution in [0.3, 0.4) is 0 Å². The van der Waals surface area contributed by atoms with E-state index in [1.165, 1.54) is 128 Å². The number of carboxylic acid groups (broad SMARTS) is 1. The van der Waals surface area contributed by atoms with Crippen LogP contribution in [0.2, 0.25) is 0 Å². The molecule has 0 rings (SSSR count). The van der Waals surface area contributed by atoms with Crippen LogP contribution in [0.15, 0.2) is 0 Å². The van der Waals surface area contributed by atoms with E-state index < -0.39 is 12.1 Å². The number of hydrogen-bond donors (Lipinski definition) is 1. The van der Waals surface area contributed by atoms with Crippen LogP contribution in [0.25, 0.3) is 0 Å². The van der Waals surface area contributed by atoms with Crippen LogP contribution in [0.5, 0.6) is 0 Å². The van der Waals surface area contributed by atoms with Gasteiger partial charge in [0.1, 0.15) is 0 Å². The third kappa shape index (κ3) is 30.4. The van der Waals surface area contributed by atoms with Crippen molar-refractivity contribution in [1.82, 2.24) is 0 Å². The maximum atomic E-state index is 10.4. The molecule has 1 unspecified atom stereocenters. The molecule has 0 amide bonds. The molecule has 0 aromatic heterocycles. The Hall–Kier alpha value is 0.430. The molecular formula is C28H55NaO3. The average molecular weight is 463 g/mol. The van der Waals surface area contributed by atoms with Crippen LogP contribution < -0.4 is 34.7 Å². The van der Waals surface area contributed by atoms with Gasteiger partial charge in [-0.25, -0.2) is 0 Å². The summed E-state index contributed by atoms with van der Waals surface area (Å²) in [5.41, 5.74) is 0. The minimum absolute atomic E-state index is 0. The van der Waals surface area contributed by atoms with E-state index in [4.69, 9.17) is 0 Å². The molecule has 0 saturated carbocycles. The van der Waals surface area contributed by atoms with Crippen LogP contribution in [0, 0.1) is 0 Å². The summed E-state index contributed by atoms with van der Waals surface area (Å²) in [6.45, 7) is 2.29. The third-order valence-corrected chi connectivity index (χ3v) is 6.57. The van der Waals surface area contributed by atoms with Gasteiger partial charge >= 0.3 is 29.6 Å². The fourth-order valence-electron chi connectivity index (χ4n) is 4.42. The number of rotatable bonds is 26. The fraction of sp³-hybridized carbons (Fsp3) is 0.964. The van der Waals surface area contributed by atoms with Gasteiger partial charge in [-0.1, -0.05) is 148 Å². The van der Waals surface area contributed by atoms with Gasteiger partial charge in [-0.3, -0.25) is 0 Å². The van der Waals surface area contributed by atoms with Crippen LogP contribution >= 0.6 is 0 Å². The molecule has 0 radical (unpaired) electrons. The Morgan fingerprint density at radius 1 is 0.562 bits per heavy atom. The van der Waals surface area contributed by atoms with Gasteiger partial charge in [0.05, 0.1) is 6.10 Å². The molecule has 0 aliphatic carbocycles. The second-order valence-corrected chi connectivity index (χ2v) is 9.78. The molecule has 0 heterocycles.